The van der Waals surface area contributed by atoms with Crippen molar-refractivity contribution >= 4 is 18.9 Å². The Kier molecular flexibility index (Phi) is 12.5. The zero-order chi connectivity index (χ0) is 13.7. The van der Waals surface area contributed by atoms with Gasteiger partial charge in [0.05, 0.1) is 0 Å². The van der Waals surface area contributed by atoms with E-state index in [0.717, 1.165) is 13.0 Å². The van der Waals surface area contributed by atoms with Crippen molar-refractivity contribution in [2.24, 2.45) is 5.73 Å². The molecule has 0 saturated carbocycles. The van der Waals surface area contributed by atoms with E-state index in [9.17, 15) is 4.79 Å². The Morgan fingerprint density at radius 2 is 1.82 bits per heavy atom. The van der Waals surface area contributed by atoms with Crippen molar-refractivity contribution in [1.29, 1.82) is 0 Å². The maximum absolute atomic E-state index is 10.4. The van der Waals surface area contributed by atoms with Crippen LogP contribution in [0.15, 0.2) is 12.2 Å². The summed E-state index contributed by atoms with van der Waals surface area (Å²) in [6, 6.07) is 0.419. The van der Waals surface area contributed by atoms with Crippen molar-refractivity contribution < 1.29 is 24.6 Å². The van der Waals surface area contributed by atoms with Gasteiger partial charge in [-0.15, -0.1) is 0 Å². The SMILES string of the molecule is CN1CCCC1C=CC(N)=O.O=CO.O=CO. The zero-order valence-electron chi connectivity index (χ0n) is 9.65. The highest BCUT2D eigenvalue weighted by Crippen LogP contribution is 2.15. The van der Waals surface area contributed by atoms with E-state index in [4.69, 9.17) is 25.5 Å². The second-order valence-electron chi connectivity index (χ2n) is 3.16. The van der Waals surface area contributed by atoms with Crippen molar-refractivity contribution in [1.82, 2.24) is 4.90 Å². The monoisotopic (exact) mass is 246 g/mol. The van der Waals surface area contributed by atoms with Crippen molar-refractivity contribution in [3.05, 3.63) is 12.2 Å². The van der Waals surface area contributed by atoms with Crippen LogP contribution in [0.2, 0.25) is 0 Å². The van der Waals surface area contributed by atoms with E-state index in [0.29, 0.717) is 6.04 Å². The van der Waals surface area contributed by atoms with Gasteiger partial charge in [-0.2, -0.15) is 0 Å². The van der Waals surface area contributed by atoms with Gasteiger partial charge in [0, 0.05) is 12.1 Å². The minimum atomic E-state index is -0.356. The quantitative estimate of drug-likeness (QED) is 0.447. The van der Waals surface area contributed by atoms with Gasteiger partial charge >= 0.3 is 0 Å². The van der Waals surface area contributed by atoms with Crippen LogP contribution in [0.1, 0.15) is 12.8 Å². The number of amides is 1. The maximum Gasteiger partial charge on any atom is 0.290 e. The van der Waals surface area contributed by atoms with Crippen molar-refractivity contribution in [2.75, 3.05) is 13.6 Å². The van der Waals surface area contributed by atoms with Crippen LogP contribution in [0.25, 0.3) is 0 Å². The lowest BCUT2D eigenvalue weighted by molar-refractivity contribution is -0.123. The molecule has 1 aliphatic heterocycles. The van der Waals surface area contributed by atoms with Gasteiger partial charge in [-0.3, -0.25) is 19.3 Å². The van der Waals surface area contributed by atoms with Crippen LogP contribution in [0.3, 0.4) is 0 Å². The maximum atomic E-state index is 10.4. The van der Waals surface area contributed by atoms with Gasteiger partial charge in [0.25, 0.3) is 12.9 Å². The second kappa shape index (κ2) is 12.2. The van der Waals surface area contributed by atoms with E-state index in [2.05, 4.69) is 11.9 Å². The predicted octanol–water partition coefficient (Wildman–Crippen LogP) is -0.476. The molecule has 98 valence electrons. The molecule has 1 fully saturated rings. The van der Waals surface area contributed by atoms with Crippen LogP contribution in [0.5, 0.6) is 0 Å². The summed E-state index contributed by atoms with van der Waals surface area (Å²) in [6.07, 6.45) is 5.69. The molecule has 4 N–H and O–H groups in total. The first kappa shape index (κ1) is 17.5. The molecule has 1 saturated heterocycles. The van der Waals surface area contributed by atoms with Gasteiger partial charge < -0.3 is 15.9 Å². The Hall–Kier alpha value is -1.89. The van der Waals surface area contributed by atoms with E-state index < -0.39 is 0 Å². The number of carbonyl (C=O) groups excluding carboxylic acids is 1. The van der Waals surface area contributed by atoms with Crippen LogP contribution in [-0.4, -0.2) is 53.6 Å². The summed E-state index contributed by atoms with van der Waals surface area (Å²) in [5.74, 6) is -0.356. The number of nitrogens with zero attached hydrogens (tertiary/aromatic N) is 1. The smallest absolute Gasteiger partial charge is 0.290 e. The molecule has 1 aliphatic rings. The minimum absolute atomic E-state index is 0.250. The van der Waals surface area contributed by atoms with Gasteiger partial charge in [0.1, 0.15) is 0 Å². The first-order chi connectivity index (χ1) is 8.03. The molecule has 0 aromatic heterocycles. The van der Waals surface area contributed by atoms with Gasteiger partial charge in [-0.05, 0) is 26.4 Å². The fraction of sp³-hybridized carbons (Fsp3) is 0.500. The van der Waals surface area contributed by atoms with Crippen LogP contribution in [0, 0.1) is 0 Å². The number of carboxylic acid groups (broad SMARTS) is 2. The third-order valence-corrected chi connectivity index (χ3v) is 2.06. The van der Waals surface area contributed by atoms with Crippen LogP contribution < -0.4 is 5.73 Å². The first-order valence-electron chi connectivity index (χ1n) is 4.87. The fourth-order valence-electron chi connectivity index (χ4n) is 1.39. The highest BCUT2D eigenvalue weighted by molar-refractivity contribution is 5.85. The average molecular weight is 246 g/mol. The molecule has 17 heavy (non-hydrogen) atoms. The number of hydrogen-bond donors (Lipinski definition) is 3. The summed E-state index contributed by atoms with van der Waals surface area (Å²) < 4.78 is 0. The summed E-state index contributed by atoms with van der Waals surface area (Å²) in [4.78, 5) is 29.3. The third kappa shape index (κ3) is 12.0. The summed E-state index contributed by atoms with van der Waals surface area (Å²) in [6.45, 7) is 0.619. The molecule has 1 atom stereocenters. The molecule has 0 aliphatic carbocycles. The molecule has 0 aromatic rings. The van der Waals surface area contributed by atoms with Gasteiger partial charge in [-0.25, -0.2) is 0 Å². The molecule has 7 nitrogen and oxygen atoms in total. The molecule has 1 amide bonds. The molecule has 1 heterocycles. The van der Waals surface area contributed by atoms with E-state index >= 15 is 0 Å². The zero-order valence-corrected chi connectivity index (χ0v) is 9.65. The molecule has 0 aromatic carbocycles. The molecular weight excluding hydrogens is 228 g/mol. The van der Waals surface area contributed by atoms with Crippen LogP contribution >= 0.6 is 0 Å². The average Bonchev–Trinajstić information content (AvgIpc) is 2.63. The number of primary amides is 1. The van der Waals surface area contributed by atoms with Gasteiger partial charge in [0.15, 0.2) is 0 Å². The van der Waals surface area contributed by atoms with Crippen molar-refractivity contribution in [2.45, 2.75) is 18.9 Å². The Labute approximate surface area is 99.5 Å². The van der Waals surface area contributed by atoms with Crippen LogP contribution in [0.4, 0.5) is 0 Å². The molecule has 7 heteroatoms. The van der Waals surface area contributed by atoms with E-state index in [1.165, 1.54) is 12.5 Å². The van der Waals surface area contributed by atoms with E-state index in [1.54, 1.807) is 0 Å². The lowest BCUT2D eigenvalue weighted by Crippen LogP contribution is -2.23. The number of likely N-dealkylation sites (tertiary alicyclic amines) is 1. The summed E-state index contributed by atoms with van der Waals surface area (Å²) >= 11 is 0. The lowest BCUT2D eigenvalue weighted by Gasteiger charge is -2.14. The topological polar surface area (TPSA) is 121 Å². The molecule has 1 rings (SSSR count). The highest BCUT2D eigenvalue weighted by atomic mass is 16.3. The van der Waals surface area contributed by atoms with Gasteiger partial charge in [-0.1, -0.05) is 6.08 Å². The van der Waals surface area contributed by atoms with Crippen molar-refractivity contribution in [3.63, 3.8) is 0 Å². The molecule has 0 radical (unpaired) electrons. The largest absolute Gasteiger partial charge is 0.483 e. The molecular formula is C10H18N2O5. The molecule has 0 spiro atoms. The summed E-state index contributed by atoms with van der Waals surface area (Å²) in [5.41, 5.74) is 4.97. The van der Waals surface area contributed by atoms with Gasteiger partial charge in [0.2, 0.25) is 5.91 Å². The Morgan fingerprint density at radius 1 is 1.35 bits per heavy atom. The number of nitrogens with two attached hydrogens (primary N) is 1. The van der Waals surface area contributed by atoms with Crippen molar-refractivity contribution in [3.8, 4) is 0 Å². The standard InChI is InChI=1S/C8H14N2O.2CH2O2/c1-10-6-2-3-7(10)4-5-8(9)11;2*2-1-3/h4-5,7H,2-3,6H2,1H3,(H2,9,11);2*1H,(H,2,3). The predicted molar refractivity (Wildman–Crippen MR) is 61.4 cm³/mol. The summed E-state index contributed by atoms with van der Waals surface area (Å²) in [5, 5.41) is 13.8. The number of hydrogen-bond acceptors (Lipinski definition) is 4. The first-order valence-corrected chi connectivity index (χ1v) is 4.87. The normalized spacial score (nSPS) is 18.5. The van der Waals surface area contributed by atoms with Crippen LogP contribution in [-0.2, 0) is 14.4 Å². The highest BCUT2D eigenvalue weighted by Gasteiger charge is 2.17. The minimum Gasteiger partial charge on any atom is -0.483 e. The Morgan fingerprint density at radius 3 is 2.12 bits per heavy atom. The molecule has 1 unspecified atom stereocenters. The second-order valence-corrected chi connectivity index (χ2v) is 3.16. The fourth-order valence-corrected chi connectivity index (χ4v) is 1.39. The third-order valence-electron chi connectivity index (χ3n) is 2.06. The Balaban J connectivity index is 0. The number of likely N-dealkylation sites (N-methyl/N-ethyl adjacent to an activating group) is 1. The molecule has 0 bridgehead atoms. The number of rotatable bonds is 2. The van der Waals surface area contributed by atoms with E-state index in [-0.39, 0.29) is 18.9 Å². The number of carbonyl (C=O) groups is 3. The summed E-state index contributed by atoms with van der Waals surface area (Å²) in [7, 11) is 2.06. The lowest BCUT2D eigenvalue weighted by atomic mass is 10.2. The Bertz CT molecular complexity index is 249. The van der Waals surface area contributed by atoms with E-state index in [1.807, 2.05) is 6.08 Å².